The van der Waals surface area contributed by atoms with Crippen LogP contribution in [0.2, 0.25) is 0 Å². The number of nitrogens with zero attached hydrogens (tertiary/aromatic N) is 4. The van der Waals surface area contributed by atoms with Gasteiger partial charge in [-0.3, -0.25) is 14.2 Å². The Labute approximate surface area is 202 Å². The number of amides is 2. The fraction of sp³-hybridized carbons (Fsp3) is 0.154. The van der Waals surface area contributed by atoms with Crippen molar-refractivity contribution in [2.24, 2.45) is 0 Å². The molecule has 0 fully saturated rings. The maximum Gasteiger partial charge on any atom is 0.253 e. The van der Waals surface area contributed by atoms with Crippen LogP contribution in [0.3, 0.4) is 0 Å². The Morgan fingerprint density at radius 3 is 2.18 bits per heavy atom. The van der Waals surface area contributed by atoms with Crippen LogP contribution >= 0.6 is 11.8 Å². The summed E-state index contributed by atoms with van der Waals surface area (Å²) in [5.74, 6) is 0.769. The molecule has 0 aliphatic carbocycles. The molecule has 0 radical (unpaired) electrons. The third-order valence-corrected chi connectivity index (χ3v) is 6.04. The number of para-hydroxylation sites is 1. The number of hydrogen-bond acceptors (Lipinski definition) is 5. The van der Waals surface area contributed by atoms with Gasteiger partial charge in [0.05, 0.1) is 5.75 Å². The molecule has 0 aliphatic rings. The standard InChI is InChI=1S/C26H25N5O2S/c1-30(2)25(33)21-15-13-19(14-16-21)17-27-23(32)18-34-26-29-28-24(20-9-5-3-6-10-20)31(26)22-11-7-4-8-12-22/h3-16H,17-18H2,1-2H3,(H,27,32). The first-order valence-electron chi connectivity index (χ1n) is 10.8. The normalized spacial score (nSPS) is 10.6. The lowest BCUT2D eigenvalue weighted by Gasteiger charge is -2.11. The minimum Gasteiger partial charge on any atom is -0.351 e. The van der Waals surface area contributed by atoms with Crippen molar-refractivity contribution in [3.8, 4) is 17.1 Å². The van der Waals surface area contributed by atoms with Crippen molar-refractivity contribution in [2.45, 2.75) is 11.7 Å². The van der Waals surface area contributed by atoms with Crippen molar-refractivity contribution >= 4 is 23.6 Å². The smallest absolute Gasteiger partial charge is 0.253 e. The second kappa shape index (κ2) is 10.8. The van der Waals surface area contributed by atoms with Gasteiger partial charge < -0.3 is 10.2 Å². The summed E-state index contributed by atoms with van der Waals surface area (Å²) in [6.45, 7) is 0.385. The van der Waals surface area contributed by atoms with Gasteiger partial charge in [0.25, 0.3) is 5.91 Å². The third kappa shape index (κ3) is 5.52. The molecular weight excluding hydrogens is 446 g/mol. The number of rotatable bonds is 8. The Balaban J connectivity index is 1.42. The van der Waals surface area contributed by atoms with E-state index < -0.39 is 0 Å². The number of thioether (sulfide) groups is 1. The Hall–Kier alpha value is -3.91. The average Bonchev–Trinajstić information content (AvgIpc) is 3.31. The predicted molar refractivity (Wildman–Crippen MR) is 134 cm³/mol. The van der Waals surface area contributed by atoms with E-state index in [-0.39, 0.29) is 17.6 Å². The summed E-state index contributed by atoms with van der Waals surface area (Å²) < 4.78 is 1.97. The van der Waals surface area contributed by atoms with Crippen LogP contribution in [0, 0.1) is 0 Å². The fourth-order valence-electron chi connectivity index (χ4n) is 3.35. The molecule has 2 amide bonds. The first kappa shape index (κ1) is 23.3. The molecule has 0 saturated carbocycles. The molecule has 3 aromatic carbocycles. The zero-order valence-electron chi connectivity index (χ0n) is 19.0. The van der Waals surface area contributed by atoms with Crippen molar-refractivity contribution in [1.82, 2.24) is 25.0 Å². The Bertz CT molecular complexity index is 1260. The molecule has 0 aliphatic heterocycles. The molecule has 4 rings (SSSR count). The van der Waals surface area contributed by atoms with Crippen molar-refractivity contribution in [3.63, 3.8) is 0 Å². The second-order valence-corrected chi connectivity index (χ2v) is 8.75. The van der Waals surface area contributed by atoms with E-state index in [0.29, 0.717) is 17.3 Å². The molecule has 0 spiro atoms. The van der Waals surface area contributed by atoms with Crippen LogP contribution in [0.25, 0.3) is 17.1 Å². The van der Waals surface area contributed by atoms with E-state index in [4.69, 9.17) is 0 Å². The van der Waals surface area contributed by atoms with Gasteiger partial charge in [0, 0.05) is 37.5 Å². The number of carbonyl (C=O) groups is 2. The van der Waals surface area contributed by atoms with Crippen molar-refractivity contribution < 1.29 is 9.59 Å². The molecule has 0 saturated heterocycles. The molecule has 7 nitrogen and oxygen atoms in total. The van der Waals surface area contributed by atoms with Crippen LogP contribution in [0.1, 0.15) is 15.9 Å². The zero-order valence-corrected chi connectivity index (χ0v) is 19.8. The van der Waals surface area contributed by atoms with Gasteiger partial charge in [-0.1, -0.05) is 72.4 Å². The zero-order chi connectivity index (χ0) is 23.9. The lowest BCUT2D eigenvalue weighted by atomic mass is 10.1. The molecule has 8 heteroatoms. The van der Waals surface area contributed by atoms with E-state index in [2.05, 4.69) is 15.5 Å². The summed E-state index contributed by atoms with van der Waals surface area (Å²) in [5.41, 5.74) is 3.42. The molecule has 1 N–H and O–H groups in total. The first-order chi connectivity index (χ1) is 16.5. The van der Waals surface area contributed by atoms with E-state index in [9.17, 15) is 9.59 Å². The van der Waals surface area contributed by atoms with Gasteiger partial charge in [-0.25, -0.2) is 0 Å². The van der Waals surface area contributed by atoms with Crippen LogP contribution in [-0.4, -0.2) is 51.3 Å². The average molecular weight is 472 g/mol. The van der Waals surface area contributed by atoms with Crippen molar-refractivity contribution in [2.75, 3.05) is 19.8 Å². The highest BCUT2D eigenvalue weighted by Crippen LogP contribution is 2.27. The minimum atomic E-state index is -0.109. The van der Waals surface area contributed by atoms with E-state index in [1.165, 1.54) is 16.7 Å². The topological polar surface area (TPSA) is 80.1 Å². The van der Waals surface area contributed by atoms with Gasteiger partial charge in [-0.2, -0.15) is 0 Å². The minimum absolute atomic E-state index is 0.0515. The molecule has 0 atom stereocenters. The molecule has 1 heterocycles. The molecule has 172 valence electrons. The van der Waals surface area contributed by atoms with E-state index in [1.54, 1.807) is 26.2 Å². The first-order valence-corrected chi connectivity index (χ1v) is 11.8. The van der Waals surface area contributed by atoms with Crippen LogP contribution in [0.4, 0.5) is 0 Å². The molecule has 0 unspecified atom stereocenters. The molecular formula is C26H25N5O2S. The molecule has 34 heavy (non-hydrogen) atoms. The number of nitrogens with one attached hydrogen (secondary N) is 1. The van der Waals surface area contributed by atoms with Crippen LogP contribution < -0.4 is 5.32 Å². The van der Waals surface area contributed by atoms with Crippen LogP contribution in [0.5, 0.6) is 0 Å². The van der Waals surface area contributed by atoms with E-state index in [1.807, 2.05) is 77.4 Å². The summed E-state index contributed by atoms with van der Waals surface area (Å²) in [5, 5.41) is 12.3. The highest BCUT2D eigenvalue weighted by Gasteiger charge is 2.17. The molecule has 0 bridgehead atoms. The number of carbonyl (C=O) groups excluding carboxylic acids is 2. The van der Waals surface area contributed by atoms with Crippen molar-refractivity contribution in [3.05, 3.63) is 96.1 Å². The lowest BCUT2D eigenvalue weighted by Crippen LogP contribution is -2.25. The van der Waals surface area contributed by atoms with Gasteiger partial charge >= 0.3 is 0 Å². The van der Waals surface area contributed by atoms with Crippen LogP contribution in [0.15, 0.2) is 90.1 Å². The van der Waals surface area contributed by atoms with Gasteiger partial charge in [0.15, 0.2) is 11.0 Å². The SMILES string of the molecule is CN(C)C(=O)c1ccc(CNC(=O)CSc2nnc(-c3ccccc3)n2-c2ccccc2)cc1. The van der Waals surface area contributed by atoms with E-state index in [0.717, 1.165) is 22.6 Å². The summed E-state index contributed by atoms with van der Waals surface area (Å²) in [7, 11) is 3.44. The third-order valence-electron chi connectivity index (χ3n) is 5.11. The largest absolute Gasteiger partial charge is 0.351 e. The Morgan fingerprint density at radius 2 is 1.53 bits per heavy atom. The van der Waals surface area contributed by atoms with Crippen LogP contribution in [-0.2, 0) is 11.3 Å². The summed E-state index contributed by atoms with van der Waals surface area (Å²) in [6, 6.07) is 27.0. The number of aromatic nitrogens is 3. The van der Waals surface area contributed by atoms with Crippen molar-refractivity contribution in [1.29, 1.82) is 0 Å². The molecule has 1 aromatic heterocycles. The maximum absolute atomic E-state index is 12.5. The lowest BCUT2D eigenvalue weighted by molar-refractivity contribution is -0.118. The summed E-state index contributed by atoms with van der Waals surface area (Å²) >= 11 is 1.34. The Morgan fingerprint density at radius 1 is 0.882 bits per heavy atom. The monoisotopic (exact) mass is 471 g/mol. The Kier molecular flexibility index (Phi) is 7.39. The quantitative estimate of drug-likeness (QED) is 0.392. The van der Waals surface area contributed by atoms with Gasteiger partial charge in [0.2, 0.25) is 5.91 Å². The number of hydrogen-bond donors (Lipinski definition) is 1. The summed E-state index contributed by atoms with van der Waals surface area (Å²) in [4.78, 5) is 26.1. The highest BCUT2D eigenvalue weighted by atomic mass is 32.2. The fourth-order valence-corrected chi connectivity index (χ4v) is 4.13. The molecule has 4 aromatic rings. The van der Waals surface area contributed by atoms with Gasteiger partial charge in [-0.15, -0.1) is 10.2 Å². The van der Waals surface area contributed by atoms with E-state index >= 15 is 0 Å². The predicted octanol–water partition coefficient (Wildman–Crippen LogP) is 4.04. The second-order valence-electron chi connectivity index (χ2n) is 7.81. The summed E-state index contributed by atoms with van der Waals surface area (Å²) in [6.07, 6.45) is 0. The van der Waals surface area contributed by atoms with Gasteiger partial charge in [-0.05, 0) is 29.8 Å². The highest BCUT2D eigenvalue weighted by molar-refractivity contribution is 7.99. The maximum atomic E-state index is 12.5. The number of benzene rings is 3. The van der Waals surface area contributed by atoms with Gasteiger partial charge in [0.1, 0.15) is 0 Å².